The van der Waals surface area contributed by atoms with Crippen molar-refractivity contribution in [1.82, 2.24) is 0 Å². The molecule has 0 saturated carbocycles. The summed E-state index contributed by atoms with van der Waals surface area (Å²) in [5, 5.41) is 0. The minimum Gasteiger partial charge on any atom is -0.330 e. The Morgan fingerprint density at radius 2 is 2.00 bits per heavy atom. The summed E-state index contributed by atoms with van der Waals surface area (Å²) in [5.74, 6) is 5.44. The van der Waals surface area contributed by atoms with Gasteiger partial charge in [-0.15, -0.1) is 0 Å². The zero-order valence-corrected chi connectivity index (χ0v) is 6.13. The molecule has 9 heavy (non-hydrogen) atoms. The van der Waals surface area contributed by atoms with E-state index in [1.54, 1.807) is 0 Å². The summed E-state index contributed by atoms with van der Waals surface area (Å²) in [4.78, 5) is 4.57. The van der Waals surface area contributed by atoms with E-state index in [9.17, 15) is 0 Å². The van der Waals surface area contributed by atoms with Gasteiger partial charge in [0, 0.05) is 0 Å². The quantitative estimate of drug-likeness (QED) is 0.539. The first-order valence-electron chi connectivity index (χ1n) is 3.26. The van der Waals surface area contributed by atoms with Gasteiger partial charge < -0.3 is 10.6 Å². The van der Waals surface area contributed by atoms with E-state index in [1.807, 2.05) is 6.92 Å². The second-order valence-corrected chi connectivity index (χ2v) is 2.52. The predicted octanol–water partition coefficient (Wildman–Crippen LogP) is 0.250. The minimum atomic E-state index is 0.128. The van der Waals surface area contributed by atoms with Crippen LogP contribution < -0.4 is 11.6 Å². The molecule has 0 heterocycles. The highest BCUT2D eigenvalue weighted by atomic mass is 16.6. The lowest BCUT2D eigenvalue weighted by molar-refractivity contribution is 0.0512. The van der Waals surface area contributed by atoms with Crippen LogP contribution in [0.1, 0.15) is 20.3 Å². The lowest BCUT2D eigenvalue weighted by Gasteiger charge is -2.12. The van der Waals surface area contributed by atoms with E-state index in [4.69, 9.17) is 11.6 Å². The summed E-state index contributed by atoms with van der Waals surface area (Å²) in [6.45, 7) is 4.72. The van der Waals surface area contributed by atoms with Gasteiger partial charge in [-0.25, -0.2) is 5.90 Å². The molecule has 0 rings (SSSR count). The van der Waals surface area contributed by atoms with Crippen LogP contribution in [0.3, 0.4) is 0 Å². The normalized spacial score (nSPS) is 17.3. The summed E-state index contributed by atoms with van der Waals surface area (Å²) in [5.41, 5.74) is 5.38. The fraction of sp³-hybridized carbons (Fsp3) is 1.00. The molecule has 0 amide bonds. The lowest BCUT2D eigenvalue weighted by atomic mass is 10.1. The Labute approximate surface area is 56.3 Å². The van der Waals surface area contributed by atoms with Crippen LogP contribution in [-0.2, 0) is 4.84 Å². The molecular formula is C6H16N2O. The largest absolute Gasteiger partial charge is 0.330 e. The number of hydrogen-bond donors (Lipinski definition) is 2. The van der Waals surface area contributed by atoms with Crippen LogP contribution in [0.5, 0.6) is 0 Å². The highest BCUT2D eigenvalue weighted by molar-refractivity contribution is 4.57. The fourth-order valence-corrected chi connectivity index (χ4v) is 0.718. The molecule has 0 saturated heterocycles. The monoisotopic (exact) mass is 132 g/mol. The van der Waals surface area contributed by atoms with Gasteiger partial charge in [-0.2, -0.15) is 0 Å². The molecule has 2 atom stereocenters. The summed E-state index contributed by atoms with van der Waals surface area (Å²) >= 11 is 0. The van der Waals surface area contributed by atoms with Gasteiger partial charge in [0.15, 0.2) is 0 Å². The Morgan fingerprint density at radius 3 is 2.33 bits per heavy atom. The van der Waals surface area contributed by atoms with Crippen molar-refractivity contribution in [3.05, 3.63) is 0 Å². The maximum Gasteiger partial charge on any atom is 0.0762 e. The van der Waals surface area contributed by atoms with Crippen LogP contribution in [0.15, 0.2) is 0 Å². The van der Waals surface area contributed by atoms with E-state index in [2.05, 4.69) is 11.8 Å². The molecule has 0 bridgehead atoms. The third-order valence-electron chi connectivity index (χ3n) is 1.37. The van der Waals surface area contributed by atoms with E-state index >= 15 is 0 Å². The van der Waals surface area contributed by atoms with Crippen molar-refractivity contribution < 1.29 is 4.84 Å². The molecule has 3 nitrogen and oxygen atoms in total. The first-order chi connectivity index (χ1) is 4.20. The van der Waals surface area contributed by atoms with Gasteiger partial charge in [0.2, 0.25) is 0 Å². The van der Waals surface area contributed by atoms with Crippen LogP contribution in [0.2, 0.25) is 0 Å². The van der Waals surface area contributed by atoms with Gasteiger partial charge >= 0.3 is 0 Å². The molecule has 0 aliphatic carbocycles. The van der Waals surface area contributed by atoms with Crippen molar-refractivity contribution in [3.63, 3.8) is 0 Å². The second-order valence-electron chi connectivity index (χ2n) is 2.52. The van der Waals surface area contributed by atoms with Gasteiger partial charge in [-0.05, 0) is 25.8 Å². The van der Waals surface area contributed by atoms with Crippen molar-refractivity contribution in [2.75, 3.05) is 6.54 Å². The molecule has 0 radical (unpaired) electrons. The van der Waals surface area contributed by atoms with Crippen LogP contribution in [0.4, 0.5) is 0 Å². The van der Waals surface area contributed by atoms with E-state index in [1.165, 1.54) is 0 Å². The Balaban J connectivity index is 3.22. The molecule has 4 N–H and O–H groups in total. The van der Waals surface area contributed by atoms with E-state index in [-0.39, 0.29) is 6.10 Å². The van der Waals surface area contributed by atoms with Gasteiger partial charge in [0.25, 0.3) is 0 Å². The molecule has 2 unspecified atom stereocenters. The molecule has 0 aromatic carbocycles. The third kappa shape index (κ3) is 4.39. The molecule has 0 aromatic heterocycles. The molecule has 3 heteroatoms. The van der Waals surface area contributed by atoms with Gasteiger partial charge in [-0.1, -0.05) is 6.92 Å². The number of nitrogens with two attached hydrogens (primary N) is 2. The zero-order chi connectivity index (χ0) is 7.28. The van der Waals surface area contributed by atoms with Crippen LogP contribution in [-0.4, -0.2) is 12.6 Å². The Morgan fingerprint density at radius 1 is 1.44 bits per heavy atom. The van der Waals surface area contributed by atoms with Crippen molar-refractivity contribution >= 4 is 0 Å². The lowest BCUT2D eigenvalue weighted by Crippen LogP contribution is -2.20. The SMILES string of the molecule is CC(CN)CC(C)ON. The van der Waals surface area contributed by atoms with E-state index in [0.717, 1.165) is 6.42 Å². The van der Waals surface area contributed by atoms with Crippen molar-refractivity contribution in [2.24, 2.45) is 17.5 Å². The molecule has 0 fully saturated rings. The second kappa shape index (κ2) is 4.73. The van der Waals surface area contributed by atoms with E-state index in [0.29, 0.717) is 12.5 Å². The van der Waals surface area contributed by atoms with Crippen molar-refractivity contribution in [3.8, 4) is 0 Å². The van der Waals surface area contributed by atoms with Gasteiger partial charge in [-0.3, -0.25) is 0 Å². The van der Waals surface area contributed by atoms with Crippen LogP contribution >= 0.6 is 0 Å². The third-order valence-corrected chi connectivity index (χ3v) is 1.37. The topological polar surface area (TPSA) is 61.3 Å². The number of rotatable bonds is 4. The summed E-state index contributed by atoms with van der Waals surface area (Å²) in [7, 11) is 0. The molecule has 0 aromatic rings. The minimum absolute atomic E-state index is 0.128. The fourth-order valence-electron chi connectivity index (χ4n) is 0.718. The first kappa shape index (κ1) is 8.88. The smallest absolute Gasteiger partial charge is 0.0762 e. The zero-order valence-electron chi connectivity index (χ0n) is 6.13. The van der Waals surface area contributed by atoms with Crippen LogP contribution in [0, 0.1) is 5.92 Å². The molecular weight excluding hydrogens is 116 g/mol. The molecule has 0 spiro atoms. The summed E-state index contributed by atoms with van der Waals surface area (Å²) in [6.07, 6.45) is 1.07. The molecule has 0 aliphatic rings. The first-order valence-corrected chi connectivity index (χ1v) is 3.26. The Kier molecular flexibility index (Phi) is 4.67. The summed E-state index contributed by atoms with van der Waals surface area (Å²) < 4.78 is 0. The average molecular weight is 132 g/mol. The van der Waals surface area contributed by atoms with Gasteiger partial charge in [0.05, 0.1) is 6.10 Å². The Hall–Kier alpha value is -0.120. The number of hydrogen-bond acceptors (Lipinski definition) is 3. The maximum atomic E-state index is 5.38. The molecule has 0 aliphatic heterocycles. The van der Waals surface area contributed by atoms with E-state index < -0.39 is 0 Å². The van der Waals surface area contributed by atoms with Crippen LogP contribution in [0.25, 0.3) is 0 Å². The Bertz CT molecular complexity index is 60.1. The molecule has 56 valence electrons. The standard InChI is InChI=1S/C6H16N2O/c1-5(4-7)3-6(2)9-8/h5-6H,3-4,7-8H2,1-2H3. The van der Waals surface area contributed by atoms with Gasteiger partial charge in [0.1, 0.15) is 0 Å². The highest BCUT2D eigenvalue weighted by Crippen LogP contribution is 2.04. The highest BCUT2D eigenvalue weighted by Gasteiger charge is 2.05. The van der Waals surface area contributed by atoms with Crippen molar-refractivity contribution in [1.29, 1.82) is 0 Å². The predicted molar refractivity (Wildman–Crippen MR) is 37.6 cm³/mol. The summed E-state index contributed by atoms with van der Waals surface area (Å²) in [6, 6.07) is 0. The van der Waals surface area contributed by atoms with Crippen molar-refractivity contribution in [2.45, 2.75) is 26.4 Å². The average Bonchev–Trinajstić information content (AvgIpc) is 1.87. The maximum absolute atomic E-state index is 5.38.